The molecular formula is C31H46FN9O4. The summed E-state index contributed by atoms with van der Waals surface area (Å²) in [5, 5.41) is 19.5. The summed E-state index contributed by atoms with van der Waals surface area (Å²) >= 11 is 0. The van der Waals surface area contributed by atoms with Crippen LogP contribution in [0.25, 0.3) is 0 Å². The Bertz CT molecular complexity index is 1350. The van der Waals surface area contributed by atoms with Crippen LogP contribution in [0.5, 0.6) is 0 Å². The van der Waals surface area contributed by atoms with Crippen molar-refractivity contribution in [3.05, 3.63) is 35.4 Å². The van der Waals surface area contributed by atoms with Crippen LogP contribution in [0.3, 0.4) is 0 Å². The van der Waals surface area contributed by atoms with Crippen molar-refractivity contribution in [3.63, 3.8) is 0 Å². The Morgan fingerprint density at radius 2 is 1.71 bits per heavy atom. The number of carbonyl (C=O) groups excluding carboxylic acids is 4. The molecule has 1 aromatic heterocycles. The molecule has 1 aliphatic carbocycles. The lowest BCUT2D eigenvalue weighted by Gasteiger charge is -2.36. The lowest BCUT2D eigenvalue weighted by molar-refractivity contribution is -0.138. The van der Waals surface area contributed by atoms with E-state index in [1.54, 1.807) is 31.7 Å². The fourth-order valence-corrected chi connectivity index (χ4v) is 6.02. The van der Waals surface area contributed by atoms with E-state index in [2.05, 4.69) is 43.3 Å². The number of nitrogens with zero attached hydrogens (tertiary/aromatic N) is 6. The maximum Gasteiger partial charge on any atom is 0.291 e. The van der Waals surface area contributed by atoms with Gasteiger partial charge in [-0.15, -0.1) is 5.10 Å². The van der Waals surface area contributed by atoms with Crippen molar-refractivity contribution in [1.29, 1.82) is 0 Å². The van der Waals surface area contributed by atoms with Gasteiger partial charge in [-0.2, -0.15) is 0 Å². The summed E-state index contributed by atoms with van der Waals surface area (Å²) in [5.74, 6) is -2.41. The van der Waals surface area contributed by atoms with Gasteiger partial charge in [0.15, 0.2) is 0 Å². The summed E-state index contributed by atoms with van der Waals surface area (Å²) in [4.78, 5) is 56.5. The second-order valence-corrected chi connectivity index (χ2v) is 12.3. The van der Waals surface area contributed by atoms with Gasteiger partial charge in [0.2, 0.25) is 23.5 Å². The summed E-state index contributed by atoms with van der Waals surface area (Å²) < 4.78 is 16.9. The molecular weight excluding hydrogens is 581 g/mol. The van der Waals surface area contributed by atoms with Crippen molar-refractivity contribution in [2.45, 2.75) is 84.3 Å². The maximum absolute atomic E-state index is 15.6. The number of amides is 4. The third-order valence-corrected chi connectivity index (χ3v) is 9.13. The van der Waals surface area contributed by atoms with Crippen molar-refractivity contribution in [2.75, 3.05) is 38.5 Å². The minimum Gasteiger partial charge on any atom is -0.344 e. The fourth-order valence-electron chi connectivity index (χ4n) is 6.02. The number of likely N-dealkylation sites (N-methyl/N-ethyl adjacent to an activating group) is 1. The highest BCUT2D eigenvalue weighted by Gasteiger charge is 2.35. The maximum atomic E-state index is 15.6. The summed E-state index contributed by atoms with van der Waals surface area (Å²) in [6, 6.07) is 2.61. The zero-order valence-corrected chi connectivity index (χ0v) is 26.9. The molecule has 0 bridgehead atoms. The minimum absolute atomic E-state index is 0.000150. The van der Waals surface area contributed by atoms with Crippen molar-refractivity contribution >= 4 is 29.3 Å². The minimum atomic E-state index is -0.917. The van der Waals surface area contributed by atoms with E-state index in [9.17, 15) is 19.2 Å². The van der Waals surface area contributed by atoms with E-state index in [1.807, 2.05) is 7.05 Å². The third kappa shape index (κ3) is 8.41. The second kappa shape index (κ2) is 15.4. The quantitative estimate of drug-likeness (QED) is 0.343. The molecule has 2 heterocycles. The summed E-state index contributed by atoms with van der Waals surface area (Å²) in [5.41, 5.74) is 0.462. The molecule has 45 heavy (non-hydrogen) atoms. The van der Waals surface area contributed by atoms with Gasteiger partial charge in [0.25, 0.3) is 5.91 Å². The Hall–Kier alpha value is -3.94. The number of aryl methyl sites for hydroxylation is 1. The molecule has 2 aliphatic rings. The van der Waals surface area contributed by atoms with Crippen molar-refractivity contribution in [3.8, 4) is 0 Å². The molecule has 4 amide bonds. The van der Waals surface area contributed by atoms with Crippen molar-refractivity contribution in [1.82, 2.24) is 40.6 Å². The molecule has 0 unspecified atom stereocenters. The van der Waals surface area contributed by atoms with Gasteiger partial charge in [-0.25, -0.2) is 9.07 Å². The van der Waals surface area contributed by atoms with Gasteiger partial charge in [0.05, 0.1) is 5.69 Å². The lowest BCUT2D eigenvalue weighted by atomic mass is 9.79. The number of halogens is 1. The Balaban J connectivity index is 1.52. The molecule has 1 saturated carbocycles. The van der Waals surface area contributed by atoms with Gasteiger partial charge in [-0.05, 0) is 66.8 Å². The standard InChI is InChI=1S/C31H46FN9O4/c1-6-25(42)34-26(31(45)40-16-14-39(5)15-17-40)20(4)22-12-13-24(23(32)18-22)33-29(43)27(21-10-8-19(3)9-11-21)35-30(44)28-36-37-38-41(28)7-2/h12-13,18-21,26-27H,6-11,14-17H2,1-5H3,(H,33,43)(H,34,42)(H,35,44)/t19-,20-,21-,26+,27-/m0/s1. The van der Waals surface area contributed by atoms with Gasteiger partial charge in [0.1, 0.15) is 17.9 Å². The van der Waals surface area contributed by atoms with Crippen LogP contribution in [0, 0.1) is 17.7 Å². The summed E-state index contributed by atoms with van der Waals surface area (Å²) in [6.07, 6.45) is 3.53. The first-order chi connectivity index (χ1) is 21.5. The molecule has 3 atom stereocenters. The SMILES string of the molecule is CCC(=O)N[C@@H](C(=O)N1CCN(C)CC1)[C@@H](C)c1ccc(NC(=O)[C@@H](NC(=O)c2nnnn2CC)[C@H]2CC[C@H](C)CC2)c(F)c1. The molecule has 14 heteroatoms. The second-order valence-electron chi connectivity index (χ2n) is 12.3. The van der Waals surface area contributed by atoms with Crippen LogP contribution in [0.4, 0.5) is 10.1 Å². The van der Waals surface area contributed by atoms with Crippen LogP contribution >= 0.6 is 0 Å². The third-order valence-electron chi connectivity index (χ3n) is 9.13. The van der Waals surface area contributed by atoms with E-state index in [4.69, 9.17) is 0 Å². The summed E-state index contributed by atoms with van der Waals surface area (Å²) in [7, 11) is 1.99. The van der Waals surface area contributed by atoms with E-state index < -0.39 is 35.6 Å². The van der Waals surface area contributed by atoms with Crippen LogP contribution < -0.4 is 16.0 Å². The molecule has 1 saturated heterocycles. The number of aromatic nitrogens is 4. The van der Waals surface area contributed by atoms with Gasteiger partial charge in [-0.1, -0.05) is 39.7 Å². The highest BCUT2D eigenvalue weighted by Crippen LogP contribution is 2.32. The fraction of sp³-hybridized carbons (Fsp3) is 0.645. The Morgan fingerprint density at radius 1 is 1.02 bits per heavy atom. The summed E-state index contributed by atoms with van der Waals surface area (Å²) in [6.45, 7) is 10.4. The Labute approximate surface area is 263 Å². The predicted molar refractivity (Wildman–Crippen MR) is 166 cm³/mol. The van der Waals surface area contributed by atoms with Crippen LogP contribution in [-0.4, -0.2) is 98.9 Å². The predicted octanol–water partition coefficient (Wildman–Crippen LogP) is 2.17. The van der Waals surface area contributed by atoms with Crippen LogP contribution in [-0.2, 0) is 20.9 Å². The average Bonchev–Trinajstić information content (AvgIpc) is 3.53. The molecule has 1 aliphatic heterocycles. The smallest absolute Gasteiger partial charge is 0.291 e. The lowest BCUT2D eigenvalue weighted by Crippen LogP contribution is -2.55. The van der Waals surface area contributed by atoms with E-state index in [0.29, 0.717) is 31.1 Å². The first-order valence-corrected chi connectivity index (χ1v) is 16.0. The Morgan fingerprint density at radius 3 is 2.33 bits per heavy atom. The van der Waals surface area contributed by atoms with E-state index in [0.717, 1.165) is 38.8 Å². The number of hydrogen-bond acceptors (Lipinski definition) is 8. The number of hydrogen-bond donors (Lipinski definition) is 3. The van der Waals surface area contributed by atoms with Crippen LogP contribution in [0.1, 0.15) is 81.9 Å². The van der Waals surface area contributed by atoms with Gasteiger partial charge < -0.3 is 25.8 Å². The molecule has 4 rings (SSSR count). The van der Waals surface area contributed by atoms with Crippen LogP contribution in [0.2, 0.25) is 0 Å². The number of piperazine rings is 1. The van der Waals surface area contributed by atoms with Gasteiger partial charge in [0, 0.05) is 45.1 Å². The molecule has 0 radical (unpaired) electrons. The number of benzene rings is 1. The van der Waals surface area contributed by atoms with Crippen molar-refractivity contribution in [2.24, 2.45) is 11.8 Å². The first kappa shape index (κ1) is 33.9. The molecule has 3 N–H and O–H groups in total. The molecule has 2 fully saturated rings. The molecule has 1 aromatic carbocycles. The first-order valence-electron chi connectivity index (χ1n) is 16.0. The number of rotatable bonds is 11. The van der Waals surface area contributed by atoms with Crippen LogP contribution in [0.15, 0.2) is 18.2 Å². The number of tetrazole rings is 1. The van der Waals surface area contributed by atoms with E-state index in [-0.39, 0.29) is 35.7 Å². The zero-order chi connectivity index (χ0) is 32.7. The topological polar surface area (TPSA) is 154 Å². The largest absolute Gasteiger partial charge is 0.344 e. The molecule has 246 valence electrons. The molecule has 2 aromatic rings. The number of anilines is 1. The average molecular weight is 628 g/mol. The Kier molecular flexibility index (Phi) is 11.6. The van der Waals surface area contributed by atoms with E-state index >= 15 is 4.39 Å². The number of nitrogens with one attached hydrogen (secondary N) is 3. The molecule has 13 nitrogen and oxygen atoms in total. The van der Waals surface area contributed by atoms with Gasteiger partial charge >= 0.3 is 0 Å². The van der Waals surface area contributed by atoms with E-state index in [1.165, 1.54) is 16.8 Å². The highest BCUT2D eigenvalue weighted by molar-refractivity contribution is 6.00. The normalized spacial score (nSPS) is 21.0. The highest BCUT2D eigenvalue weighted by atomic mass is 19.1. The van der Waals surface area contributed by atoms with Crippen molar-refractivity contribution < 1.29 is 23.6 Å². The molecule has 0 spiro atoms. The van der Waals surface area contributed by atoms with Gasteiger partial charge in [-0.3, -0.25) is 19.2 Å². The monoisotopic (exact) mass is 627 g/mol. The zero-order valence-electron chi connectivity index (χ0n) is 26.9. The number of carbonyl (C=O) groups is 4.